The average Bonchev–Trinajstić information content (AvgIpc) is 2.58. The van der Waals surface area contributed by atoms with E-state index in [-0.39, 0.29) is 39.0 Å². The van der Waals surface area contributed by atoms with Crippen LogP contribution in [-0.2, 0) is 20.4 Å². The van der Waals surface area contributed by atoms with Gasteiger partial charge in [-0.2, -0.15) is 0 Å². The van der Waals surface area contributed by atoms with Crippen LogP contribution in [0.1, 0.15) is 40.5 Å². The third kappa shape index (κ3) is 2.11. The van der Waals surface area contributed by atoms with Gasteiger partial charge in [0.1, 0.15) is 11.4 Å². The summed E-state index contributed by atoms with van der Waals surface area (Å²) in [5, 5.41) is 10.9. The fourth-order valence-electron chi connectivity index (χ4n) is 4.42. The standard InChI is InChI=1S/C15H27O3S/c1-6-18-11(16)9-19(5)13-12(17)10-7-8-15(13,4)14(10,2)3/h10,12-13,17H,6-9H2,1-5H3/q+1. The van der Waals surface area contributed by atoms with E-state index in [9.17, 15) is 9.90 Å². The van der Waals surface area contributed by atoms with Gasteiger partial charge in [-0.05, 0) is 31.1 Å². The SMILES string of the molecule is CCOC(=O)C[S+](C)C1C(O)C2CCC1(C)C2(C)C. The molecule has 4 heteroatoms. The minimum Gasteiger partial charge on any atom is -0.463 e. The van der Waals surface area contributed by atoms with Gasteiger partial charge in [-0.3, -0.25) is 0 Å². The first-order chi connectivity index (χ1) is 8.75. The van der Waals surface area contributed by atoms with E-state index in [2.05, 4.69) is 27.0 Å². The van der Waals surface area contributed by atoms with Gasteiger partial charge in [0.15, 0.2) is 0 Å². The van der Waals surface area contributed by atoms with Crippen LogP contribution < -0.4 is 0 Å². The molecule has 1 N–H and O–H groups in total. The third-order valence-corrected chi connectivity index (χ3v) is 8.17. The molecule has 0 aromatic rings. The predicted octanol–water partition coefficient (Wildman–Crippen LogP) is 1.98. The fraction of sp³-hybridized carbons (Fsp3) is 0.933. The van der Waals surface area contributed by atoms with Crippen molar-refractivity contribution in [3.63, 3.8) is 0 Å². The molecule has 2 aliphatic rings. The molecule has 2 bridgehead atoms. The molecule has 2 rings (SSSR count). The smallest absolute Gasteiger partial charge is 0.356 e. The molecule has 3 nitrogen and oxygen atoms in total. The molecule has 0 aromatic carbocycles. The molecule has 110 valence electrons. The Bertz CT molecular complexity index is 368. The largest absolute Gasteiger partial charge is 0.463 e. The number of hydrogen-bond acceptors (Lipinski definition) is 3. The molecular formula is C15H27O3S+. The molecule has 19 heavy (non-hydrogen) atoms. The molecule has 0 aromatic heterocycles. The highest BCUT2D eigenvalue weighted by Gasteiger charge is 2.70. The maximum atomic E-state index is 11.7. The summed E-state index contributed by atoms with van der Waals surface area (Å²) in [5.41, 5.74) is 0.328. The van der Waals surface area contributed by atoms with E-state index in [4.69, 9.17) is 4.74 Å². The summed E-state index contributed by atoms with van der Waals surface area (Å²) in [7, 11) is -0.117. The number of carbonyl (C=O) groups excluding carboxylic acids is 1. The van der Waals surface area contributed by atoms with E-state index in [1.165, 1.54) is 6.42 Å². The normalized spacial score (nSPS) is 41.3. The topological polar surface area (TPSA) is 46.5 Å². The van der Waals surface area contributed by atoms with Crippen molar-refractivity contribution in [2.24, 2.45) is 16.7 Å². The Balaban J connectivity index is 2.15. The van der Waals surface area contributed by atoms with Gasteiger partial charge in [0.2, 0.25) is 5.75 Å². The summed E-state index contributed by atoms with van der Waals surface area (Å²) in [6.07, 6.45) is 4.16. The van der Waals surface area contributed by atoms with Gasteiger partial charge in [0.25, 0.3) is 0 Å². The highest BCUT2D eigenvalue weighted by molar-refractivity contribution is 7.97. The summed E-state index contributed by atoms with van der Waals surface area (Å²) in [4.78, 5) is 11.7. The first kappa shape index (κ1) is 15.2. The number of aliphatic hydroxyl groups is 1. The highest BCUT2D eigenvalue weighted by Crippen LogP contribution is 2.67. The Morgan fingerprint density at radius 3 is 2.53 bits per heavy atom. The van der Waals surface area contributed by atoms with Gasteiger partial charge >= 0.3 is 5.97 Å². The van der Waals surface area contributed by atoms with Crippen LogP contribution in [0.4, 0.5) is 0 Å². The van der Waals surface area contributed by atoms with Crippen molar-refractivity contribution < 1.29 is 14.6 Å². The maximum Gasteiger partial charge on any atom is 0.356 e. The Labute approximate surface area is 119 Å². The van der Waals surface area contributed by atoms with Crippen LogP contribution in [0.3, 0.4) is 0 Å². The number of hydrogen-bond donors (Lipinski definition) is 1. The van der Waals surface area contributed by atoms with E-state index < -0.39 is 0 Å². The summed E-state index contributed by atoms with van der Waals surface area (Å²) >= 11 is 0. The van der Waals surface area contributed by atoms with Crippen molar-refractivity contribution in [2.75, 3.05) is 18.6 Å². The van der Waals surface area contributed by atoms with E-state index >= 15 is 0 Å². The number of rotatable bonds is 4. The zero-order valence-electron chi connectivity index (χ0n) is 12.7. The Kier molecular flexibility index (Phi) is 3.96. The Hall–Kier alpha value is -0.220. The van der Waals surface area contributed by atoms with Crippen LogP contribution >= 0.6 is 0 Å². The monoisotopic (exact) mass is 287 g/mol. The lowest BCUT2D eigenvalue weighted by molar-refractivity contribution is -0.139. The lowest BCUT2D eigenvalue weighted by Crippen LogP contribution is -2.47. The summed E-state index contributed by atoms with van der Waals surface area (Å²) < 4.78 is 5.06. The van der Waals surface area contributed by atoms with Crippen molar-refractivity contribution in [3.05, 3.63) is 0 Å². The summed E-state index contributed by atoms with van der Waals surface area (Å²) in [6, 6.07) is 0. The van der Waals surface area contributed by atoms with E-state index in [1.54, 1.807) is 0 Å². The van der Waals surface area contributed by atoms with Crippen LogP contribution in [0.25, 0.3) is 0 Å². The summed E-state index contributed by atoms with van der Waals surface area (Å²) in [6.45, 7) is 9.16. The van der Waals surface area contributed by atoms with E-state index in [0.717, 1.165) is 6.42 Å². The van der Waals surface area contributed by atoms with Crippen LogP contribution in [0.2, 0.25) is 0 Å². The molecule has 0 amide bonds. The van der Waals surface area contributed by atoms with Gasteiger partial charge in [-0.25, -0.2) is 4.79 Å². The number of aliphatic hydroxyl groups excluding tert-OH is 1. The molecule has 5 atom stereocenters. The van der Waals surface area contributed by atoms with Crippen molar-refractivity contribution in [2.45, 2.75) is 51.9 Å². The van der Waals surface area contributed by atoms with Crippen molar-refractivity contribution in [1.29, 1.82) is 0 Å². The van der Waals surface area contributed by atoms with Gasteiger partial charge in [-0.1, -0.05) is 20.8 Å². The zero-order chi connectivity index (χ0) is 14.4. The lowest BCUT2D eigenvalue weighted by Gasteiger charge is -2.37. The molecule has 0 saturated heterocycles. The quantitative estimate of drug-likeness (QED) is 0.635. The number of ether oxygens (including phenoxy) is 1. The minimum absolute atomic E-state index is 0.117. The first-order valence-corrected chi connectivity index (χ1v) is 9.07. The van der Waals surface area contributed by atoms with Crippen molar-refractivity contribution in [3.8, 4) is 0 Å². The lowest BCUT2D eigenvalue weighted by atomic mass is 9.71. The van der Waals surface area contributed by atoms with E-state index in [1.807, 2.05) is 6.92 Å². The number of carbonyl (C=O) groups is 1. The summed E-state index contributed by atoms with van der Waals surface area (Å²) in [5.74, 6) is 0.720. The molecule has 0 aliphatic heterocycles. The Morgan fingerprint density at radius 2 is 2.05 bits per heavy atom. The molecule has 2 saturated carbocycles. The van der Waals surface area contributed by atoms with Gasteiger partial charge in [0.05, 0.1) is 12.9 Å². The average molecular weight is 287 g/mol. The molecule has 5 unspecified atom stereocenters. The van der Waals surface area contributed by atoms with Gasteiger partial charge in [-0.15, -0.1) is 0 Å². The second kappa shape index (κ2) is 4.96. The second-order valence-corrected chi connectivity index (χ2v) is 9.01. The van der Waals surface area contributed by atoms with Crippen LogP contribution in [0.5, 0.6) is 0 Å². The Morgan fingerprint density at radius 1 is 1.42 bits per heavy atom. The van der Waals surface area contributed by atoms with Crippen molar-refractivity contribution >= 4 is 16.9 Å². The molecule has 0 radical (unpaired) electrons. The first-order valence-electron chi connectivity index (χ1n) is 7.20. The van der Waals surface area contributed by atoms with E-state index in [0.29, 0.717) is 18.3 Å². The van der Waals surface area contributed by atoms with Crippen LogP contribution in [0, 0.1) is 16.7 Å². The van der Waals surface area contributed by atoms with Gasteiger partial charge in [0, 0.05) is 16.3 Å². The maximum absolute atomic E-state index is 11.7. The fourth-order valence-corrected chi connectivity index (χ4v) is 7.03. The second-order valence-electron chi connectivity index (χ2n) is 6.84. The molecule has 0 heterocycles. The van der Waals surface area contributed by atoms with Gasteiger partial charge < -0.3 is 9.84 Å². The third-order valence-electron chi connectivity index (χ3n) is 5.81. The molecular weight excluding hydrogens is 260 g/mol. The highest BCUT2D eigenvalue weighted by atomic mass is 32.2. The number of fused-ring (bicyclic) bond motifs is 2. The van der Waals surface area contributed by atoms with Crippen LogP contribution in [-0.4, -0.2) is 41.0 Å². The molecule has 0 spiro atoms. The molecule has 2 fully saturated rings. The minimum atomic E-state index is -0.253. The molecule has 2 aliphatic carbocycles. The van der Waals surface area contributed by atoms with Crippen molar-refractivity contribution in [1.82, 2.24) is 0 Å². The van der Waals surface area contributed by atoms with Crippen LogP contribution in [0.15, 0.2) is 0 Å². The predicted molar refractivity (Wildman–Crippen MR) is 79.2 cm³/mol. The number of esters is 1. The zero-order valence-corrected chi connectivity index (χ0v) is 13.5.